The number of anilines is 2. The average Bonchev–Trinajstić information content (AvgIpc) is 2.78. The minimum Gasteiger partial charge on any atom is -0.508 e. The molecule has 6 nitrogen and oxygen atoms in total. The molecule has 2 N–H and O–H groups in total. The van der Waals surface area contributed by atoms with Gasteiger partial charge in [0.15, 0.2) is 11.6 Å². The fourth-order valence-electron chi connectivity index (χ4n) is 4.21. The first-order valence-electron chi connectivity index (χ1n) is 11.5. The van der Waals surface area contributed by atoms with Crippen LogP contribution < -0.4 is 9.80 Å². The number of benzene rings is 2. The van der Waals surface area contributed by atoms with E-state index in [2.05, 4.69) is 13.8 Å². The Hall–Kier alpha value is -3.02. The Morgan fingerprint density at radius 3 is 1.41 bits per heavy atom. The van der Waals surface area contributed by atoms with Crippen molar-refractivity contribution in [2.24, 2.45) is 0 Å². The Labute approximate surface area is 190 Å². The zero-order chi connectivity index (χ0) is 23.4. The second-order valence-electron chi connectivity index (χ2n) is 8.71. The standard InChI is InChI=1S/C26H34N2O4/c1-5-7-13-27(3)17-9-11-19(21(29)15-17)23-25(31)24(26(23)32)20-12-10-18(16-22(20)30)28(4)14-8-6-2/h9-12,15-16,23-24,29-30H,5-8,13-14H2,1-4H3. The van der Waals surface area contributed by atoms with E-state index in [1.807, 2.05) is 36.0 Å². The molecular formula is C26H34N2O4. The number of hydrogen-bond donors (Lipinski definition) is 2. The summed E-state index contributed by atoms with van der Waals surface area (Å²) in [5.41, 5.74) is 2.35. The van der Waals surface area contributed by atoms with E-state index in [0.29, 0.717) is 11.1 Å². The number of ketones is 2. The van der Waals surface area contributed by atoms with Crippen LogP contribution in [0.15, 0.2) is 36.4 Å². The van der Waals surface area contributed by atoms with Gasteiger partial charge in [0.05, 0.1) is 0 Å². The van der Waals surface area contributed by atoms with E-state index in [1.165, 1.54) is 0 Å². The van der Waals surface area contributed by atoms with Crippen LogP contribution in [0.5, 0.6) is 11.5 Å². The maximum absolute atomic E-state index is 12.9. The third kappa shape index (κ3) is 4.59. The van der Waals surface area contributed by atoms with Gasteiger partial charge >= 0.3 is 0 Å². The molecule has 172 valence electrons. The zero-order valence-electron chi connectivity index (χ0n) is 19.5. The second-order valence-corrected chi connectivity index (χ2v) is 8.71. The van der Waals surface area contributed by atoms with Gasteiger partial charge in [0.25, 0.3) is 0 Å². The lowest BCUT2D eigenvalue weighted by Gasteiger charge is -2.33. The van der Waals surface area contributed by atoms with Crippen molar-refractivity contribution in [2.45, 2.75) is 51.4 Å². The summed E-state index contributed by atoms with van der Waals surface area (Å²) in [6.07, 6.45) is 4.22. The minimum absolute atomic E-state index is 0.0480. The molecule has 6 heteroatoms. The van der Waals surface area contributed by atoms with Crippen LogP contribution in [0.4, 0.5) is 11.4 Å². The van der Waals surface area contributed by atoms with Gasteiger partial charge in [-0.3, -0.25) is 9.59 Å². The Balaban J connectivity index is 1.76. The molecule has 0 radical (unpaired) electrons. The maximum Gasteiger partial charge on any atom is 0.162 e. The highest BCUT2D eigenvalue weighted by Crippen LogP contribution is 2.46. The smallest absolute Gasteiger partial charge is 0.162 e. The summed E-state index contributed by atoms with van der Waals surface area (Å²) < 4.78 is 0. The van der Waals surface area contributed by atoms with E-state index in [1.54, 1.807) is 24.3 Å². The van der Waals surface area contributed by atoms with Crippen molar-refractivity contribution in [3.05, 3.63) is 47.5 Å². The van der Waals surface area contributed by atoms with Crippen molar-refractivity contribution in [3.63, 3.8) is 0 Å². The molecular weight excluding hydrogens is 404 g/mol. The van der Waals surface area contributed by atoms with Crippen LogP contribution in [0.3, 0.4) is 0 Å². The number of rotatable bonds is 10. The first kappa shape index (κ1) is 23.6. The first-order valence-corrected chi connectivity index (χ1v) is 11.5. The molecule has 1 saturated carbocycles. The molecule has 1 aliphatic rings. The molecule has 0 unspecified atom stereocenters. The van der Waals surface area contributed by atoms with Crippen LogP contribution in [0.1, 0.15) is 62.5 Å². The van der Waals surface area contributed by atoms with Gasteiger partial charge in [0.1, 0.15) is 23.3 Å². The number of unbranched alkanes of at least 4 members (excludes halogenated alkanes) is 2. The van der Waals surface area contributed by atoms with Crippen molar-refractivity contribution >= 4 is 22.9 Å². The third-order valence-electron chi connectivity index (χ3n) is 6.36. The van der Waals surface area contributed by atoms with Gasteiger partial charge in [-0.2, -0.15) is 0 Å². The SMILES string of the molecule is CCCCN(C)c1ccc(C2C(=O)C(c3ccc(N(C)CCCC)cc3O)C2=O)c(O)c1. The van der Waals surface area contributed by atoms with Crippen LogP contribution in [-0.4, -0.2) is 49.0 Å². The largest absolute Gasteiger partial charge is 0.508 e. The van der Waals surface area contributed by atoms with Crippen LogP contribution in [0, 0.1) is 0 Å². The topological polar surface area (TPSA) is 81.1 Å². The van der Waals surface area contributed by atoms with Gasteiger partial charge in [-0.15, -0.1) is 0 Å². The lowest BCUT2D eigenvalue weighted by Crippen LogP contribution is -2.44. The number of phenolic OH excluding ortho intramolecular Hbond substituents is 2. The Morgan fingerprint density at radius 1 is 0.719 bits per heavy atom. The number of carbonyl (C=O) groups excluding carboxylic acids is 2. The summed E-state index contributed by atoms with van der Waals surface area (Å²) in [6, 6.07) is 10.2. The molecule has 0 saturated heterocycles. The zero-order valence-corrected chi connectivity index (χ0v) is 19.5. The second kappa shape index (κ2) is 10.1. The fourth-order valence-corrected chi connectivity index (χ4v) is 4.21. The number of carbonyl (C=O) groups is 2. The number of phenols is 2. The number of aromatic hydroxyl groups is 2. The first-order chi connectivity index (χ1) is 15.3. The van der Waals surface area contributed by atoms with Gasteiger partial charge in [0, 0.05) is 61.8 Å². The Bertz CT molecular complexity index is 896. The quantitative estimate of drug-likeness (QED) is 0.528. The van der Waals surface area contributed by atoms with Crippen LogP contribution in [0.2, 0.25) is 0 Å². The molecule has 0 aromatic heterocycles. The third-order valence-corrected chi connectivity index (χ3v) is 6.36. The molecule has 0 spiro atoms. The predicted molar refractivity (Wildman–Crippen MR) is 128 cm³/mol. The summed E-state index contributed by atoms with van der Waals surface area (Å²) in [6.45, 7) is 5.96. The van der Waals surface area contributed by atoms with Crippen LogP contribution >= 0.6 is 0 Å². The molecule has 0 amide bonds. The van der Waals surface area contributed by atoms with Crippen molar-refractivity contribution in [1.82, 2.24) is 0 Å². The molecule has 1 fully saturated rings. The summed E-state index contributed by atoms with van der Waals surface area (Å²) in [5, 5.41) is 21.1. The monoisotopic (exact) mass is 438 g/mol. The molecule has 0 aliphatic heterocycles. The maximum atomic E-state index is 12.9. The summed E-state index contributed by atoms with van der Waals surface area (Å²) in [7, 11) is 3.90. The van der Waals surface area contributed by atoms with Gasteiger partial charge in [-0.25, -0.2) is 0 Å². The van der Waals surface area contributed by atoms with Gasteiger partial charge in [-0.05, 0) is 25.0 Å². The van der Waals surface area contributed by atoms with E-state index in [9.17, 15) is 19.8 Å². The minimum atomic E-state index is -0.985. The summed E-state index contributed by atoms with van der Waals surface area (Å²) in [5.74, 6) is -2.65. The van der Waals surface area contributed by atoms with E-state index in [4.69, 9.17) is 0 Å². The highest BCUT2D eigenvalue weighted by Gasteiger charge is 2.52. The van der Waals surface area contributed by atoms with Crippen molar-refractivity contribution in [3.8, 4) is 11.5 Å². The molecule has 32 heavy (non-hydrogen) atoms. The highest BCUT2D eigenvalue weighted by molar-refractivity contribution is 6.31. The lowest BCUT2D eigenvalue weighted by molar-refractivity contribution is -0.142. The van der Waals surface area contributed by atoms with Gasteiger partial charge in [-0.1, -0.05) is 38.8 Å². The molecule has 3 rings (SSSR count). The van der Waals surface area contributed by atoms with E-state index >= 15 is 0 Å². The fraction of sp³-hybridized carbons (Fsp3) is 0.462. The van der Waals surface area contributed by atoms with Crippen molar-refractivity contribution in [2.75, 3.05) is 37.0 Å². The Morgan fingerprint density at radius 2 is 1.09 bits per heavy atom. The number of Topliss-reactive ketones (excluding diaryl/α,β-unsaturated/α-hetero) is 2. The molecule has 2 aromatic carbocycles. The number of hydrogen-bond acceptors (Lipinski definition) is 6. The van der Waals surface area contributed by atoms with Crippen molar-refractivity contribution < 1.29 is 19.8 Å². The predicted octanol–water partition coefficient (Wildman–Crippen LogP) is 4.59. The molecule has 1 aliphatic carbocycles. The van der Waals surface area contributed by atoms with E-state index < -0.39 is 11.8 Å². The van der Waals surface area contributed by atoms with Gasteiger partial charge in [0.2, 0.25) is 0 Å². The number of nitrogens with zero attached hydrogens (tertiary/aromatic N) is 2. The average molecular weight is 439 g/mol. The van der Waals surface area contributed by atoms with Crippen LogP contribution in [-0.2, 0) is 9.59 Å². The molecule has 2 aromatic rings. The van der Waals surface area contributed by atoms with Crippen molar-refractivity contribution in [1.29, 1.82) is 0 Å². The summed E-state index contributed by atoms with van der Waals surface area (Å²) >= 11 is 0. The normalized spacial score (nSPS) is 17.9. The molecule has 0 atom stereocenters. The van der Waals surface area contributed by atoms with E-state index in [0.717, 1.165) is 50.1 Å². The molecule has 0 bridgehead atoms. The van der Waals surface area contributed by atoms with Gasteiger partial charge < -0.3 is 20.0 Å². The lowest BCUT2D eigenvalue weighted by atomic mass is 9.65. The highest BCUT2D eigenvalue weighted by atomic mass is 16.3. The molecule has 0 heterocycles. The van der Waals surface area contributed by atoms with E-state index in [-0.39, 0.29) is 23.1 Å². The Kier molecular flexibility index (Phi) is 7.44. The van der Waals surface area contributed by atoms with Crippen LogP contribution in [0.25, 0.3) is 0 Å². The summed E-state index contributed by atoms with van der Waals surface area (Å²) in [4.78, 5) is 29.9.